The fraction of sp³-hybridized carbons (Fsp3) is 0.583. The third-order valence-corrected chi connectivity index (χ3v) is 3.39. The van der Waals surface area contributed by atoms with Crippen LogP contribution in [0.25, 0.3) is 0 Å². The first-order valence-electron chi connectivity index (χ1n) is 5.61. The topological polar surface area (TPSA) is 87.0 Å². The number of allylic oxidation sites excluding steroid dienone is 1. The van der Waals surface area contributed by atoms with Gasteiger partial charge in [-0.25, -0.2) is 0 Å². The second-order valence-corrected chi connectivity index (χ2v) is 4.48. The molecule has 1 aliphatic carbocycles. The van der Waals surface area contributed by atoms with Gasteiger partial charge in [0, 0.05) is 12.3 Å². The van der Waals surface area contributed by atoms with Gasteiger partial charge in [0.2, 0.25) is 5.78 Å². The van der Waals surface area contributed by atoms with Gasteiger partial charge in [-0.2, -0.15) is 0 Å². The molecule has 94 valence electrons. The Hall–Kier alpha value is -1.17. The Bertz CT molecular complexity index is 384. The number of carbonyl (C=O) groups is 1. The first kappa shape index (κ1) is 12.3. The second-order valence-electron chi connectivity index (χ2n) is 4.48. The summed E-state index contributed by atoms with van der Waals surface area (Å²) in [5, 5.41) is 28.2. The van der Waals surface area contributed by atoms with Gasteiger partial charge in [-0.1, -0.05) is 6.08 Å². The normalized spacial score (nSPS) is 37.9. The highest BCUT2D eigenvalue weighted by Gasteiger charge is 2.39. The molecule has 1 unspecified atom stereocenters. The lowest BCUT2D eigenvalue weighted by molar-refractivity contribution is -0.114. The van der Waals surface area contributed by atoms with E-state index in [9.17, 15) is 15.0 Å². The molecule has 0 aromatic heterocycles. The fourth-order valence-electron chi connectivity index (χ4n) is 2.33. The summed E-state index contributed by atoms with van der Waals surface area (Å²) in [5.74, 6) is -0.877. The number of aliphatic hydroxyl groups is 3. The van der Waals surface area contributed by atoms with Gasteiger partial charge >= 0.3 is 0 Å². The van der Waals surface area contributed by atoms with E-state index in [1.807, 2.05) is 0 Å². The summed E-state index contributed by atoms with van der Waals surface area (Å²) in [6.45, 7) is 1.44. The van der Waals surface area contributed by atoms with Gasteiger partial charge in [0.15, 0.2) is 5.76 Å². The van der Waals surface area contributed by atoms with E-state index >= 15 is 0 Å². The second kappa shape index (κ2) is 4.60. The predicted octanol–water partition coefficient (Wildman–Crippen LogP) is 0.0842. The summed E-state index contributed by atoms with van der Waals surface area (Å²) in [7, 11) is 0. The van der Waals surface area contributed by atoms with E-state index in [0.717, 1.165) is 0 Å². The van der Waals surface area contributed by atoms with Crippen LogP contribution in [0.3, 0.4) is 0 Å². The van der Waals surface area contributed by atoms with E-state index in [1.54, 1.807) is 13.0 Å². The molecule has 0 amide bonds. The zero-order valence-electron chi connectivity index (χ0n) is 9.54. The predicted molar refractivity (Wildman–Crippen MR) is 59.3 cm³/mol. The highest BCUT2D eigenvalue weighted by atomic mass is 16.5. The maximum Gasteiger partial charge on any atom is 0.219 e. The molecule has 0 saturated carbocycles. The van der Waals surface area contributed by atoms with Crippen molar-refractivity contribution >= 4 is 5.78 Å². The SMILES string of the molecule is CC1=C(O)C(=O)C=CC1[C@H]1C[C@H](O)[C@@H](CO)O1. The van der Waals surface area contributed by atoms with Gasteiger partial charge in [-0.05, 0) is 18.6 Å². The molecule has 1 fully saturated rings. The summed E-state index contributed by atoms with van der Waals surface area (Å²) in [6.07, 6.45) is 1.78. The Balaban J connectivity index is 2.15. The van der Waals surface area contributed by atoms with Crippen LogP contribution in [0.1, 0.15) is 13.3 Å². The summed E-state index contributed by atoms with van der Waals surface area (Å²) >= 11 is 0. The van der Waals surface area contributed by atoms with Crippen LogP contribution in [0.15, 0.2) is 23.5 Å². The Morgan fingerprint density at radius 1 is 1.53 bits per heavy atom. The molecule has 0 radical (unpaired) electrons. The number of hydrogen-bond donors (Lipinski definition) is 3. The van der Waals surface area contributed by atoms with Crippen molar-refractivity contribution in [3.05, 3.63) is 23.5 Å². The van der Waals surface area contributed by atoms with Crippen molar-refractivity contribution in [1.29, 1.82) is 0 Å². The van der Waals surface area contributed by atoms with Crippen molar-refractivity contribution in [2.45, 2.75) is 31.7 Å². The minimum atomic E-state index is -0.703. The minimum Gasteiger partial charge on any atom is -0.504 e. The zero-order chi connectivity index (χ0) is 12.6. The van der Waals surface area contributed by atoms with Crippen molar-refractivity contribution < 1.29 is 24.9 Å². The smallest absolute Gasteiger partial charge is 0.219 e. The van der Waals surface area contributed by atoms with E-state index in [0.29, 0.717) is 12.0 Å². The minimum absolute atomic E-state index is 0.223. The maximum atomic E-state index is 11.2. The van der Waals surface area contributed by atoms with Crippen LogP contribution in [0.4, 0.5) is 0 Å². The molecule has 1 saturated heterocycles. The van der Waals surface area contributed by atoms with Crippen LogP contribution in [-0.4, -0.2) is 46.0 Å². The van der Waals surface area contributed by atoms with Gasteiger partial charge in [-0.15, -0.1) is 0 Å². The molecule has 17 heavy (non-hydrogen) atoms. The molecular formula is C12H16O5. The van der Waals surface area contributed by atoms with Crippen molar-refractivity contribution in [1.82, 2.24) is 0 Å². The molecule has 2 rings (SSSR count). The van der Waals surface area contributed by atoms with Gasteiger partial charge < -0.3 is 20.1 Å². The molecule has 0 bridgehead atoms. The number of aliphatic hydroxyl groups excluding tert-OH is 3. The van der Waals surface area contributed by atoms with Gasteiger partial charge in [0.05, 0.1) is 18.8 Å². The first-order chi connectivity index (χ1) is 8.04. The third-order valence-electron chi connectivity index (χ3n) is 3.39. The van der Waals surface area contributed by atoms with Crippen molar-refractivity contribution in [2.24, 2.45) is 5.92 Å². The van der Waals surface area contributed by atoms with E-state index in [-0.39, 0.29) is 24.4 Å². The molecule has 1 aliphatic heterocycles. The quantitative estimate of drug-likeness (QED) is 0.636. The van der Waals surface area contributed by atoms with Crippen LogP contribution in [0.5, 0.6) is 0 Å². The summed E-state index contributed by atoms with van der Waals surface area (Å²) < 4.78 is 5.51. The van der Waals surface area contributed by atoms with Crippen molar-refractivity contribution in [2.75, 3.05) is 6.61 Å². The van der Waals surface area contributed by atoms with Crippen LogP contribution in [0, 0.1) is 5.92 Å². The standard InChI is InChI=1S/C12H16O5/c1-6-7(2-3-8(14)12(6)16)10-4-9(15)11(5-13)17-10/h2-3,7,9-11,13,15-16H,4-5H2,1H3/t7?,9-,10+,11+/m0/s1. The maximum absolute atomic E-state index is 11.2. The zero-order valence-corrected chi connectivity index (χ0v) is 9.54. The first-order valence-corrected chi connectivity index (χ1v) is 5.61. The molecule has 5 nitrogen and oxygen atoms in total. The monoisotopic (exact) mass is 240 g/mol. The molecule has 2 aliphatic rings. The average molecular weight is 240 g/mol. The number of carbonyl (C=O) groups excluding carboxylic acids is 1. The van der Waals surface area contributed by atoms with Crippen LogP contribution < -0.4 is 0 Å². The molecule has 3 N–H and O–H groups in total. The van der Waals surface area contributed by atoms with E-state index in [4.69, 9.17) is 9.84 Å². The lowest BCUT2D eigenvalue weighted by Crippen LogP contribution is -2.26. The molecule has 0 spiro atoms. The summed E-state index contributed by atoms with van der Waals surface area (Å²) in [4.78, 5) is 11.2. The number of hydrogen-bond acceptors (Lipinski definition) is 5. The number of rotatable bonds is 2. The molecule has 5 heteroatoms. The summed E-state index contributed by atoms with van der Waals surface area (Å²) in [5.41, 5.74) is 0.549. The number of ether oxygens (including phenoxy) is 1. The average Bonchev–Trinajstić information content (AvgIpc) is 2.67. The lowest BCUT2D eigenvalue weighted by Gasteiger charge is -2.24. The molecule has 1 heterocycles. The number of ketones is 1. The van der Waals surface area contributed by atoms with E-state index in [2.05, 4.69) is 0 Å². The van der Waals surface area contributed by atoms with Gasteiger partial charge in [-0.3, -0.25) is 4.79 Å². The van der Waals surface area contributed by atoms with Crippen molar-refractivity contribution in [3.8, 4) is 0 Å². The van der Waals surface area contributed by atoms with E-state index < -0.39 is 18.0 Å². The Kier molecular flexibility index (Phi) is 3.33. The molecule has 0 aromatic carbocycles. The van der Waals surface area contributed by atoms with Gasteiger partial charge in [0.25, 0.3) is 0 Å². The van der Waals surface area contributed by atoms with Crippen LogP contribution in [-0.2, 0) is 9.53 Å². The summed E-state index contributed by atoms with van der Waals surface area (Å²) in [6, 6.07) is 0. The van der Waals surface area contributed by atoms with Crippen LogP contribution >= 0.6 is 0 Å². The van der Waals surface area contributed by atoms with Gasteiger partial charge in [0.1, 0.15) is 6.10 Å². The third kappa shape index (κ3) is 2.13. The highest BCUT2D eigenvalue weighted by molar-refractivity contribution is 6.03. The lowest BCUT2D eigenvalue weighted by atomic mass is 9.86. The molecular weight excluding hydrogens is 224 g/mol. The van der Waals surface area contributed by atoms with E-state index in [1.165, 1.54) is 6.08 Å². The van der Waals surface area contributed by atoms with Crippen molar-refractivity contribution in [3.63, 3.8) is 0 Å². The Morgan fingerprint density at radius 2 is 2.24 bits per heavy atom. The highest BCUT2D eigenvalue weighted by Crippen LogP contribution is 2.33. The molecule has 4 atom stereocenters. The largest absolute Gasteiger partial charge is 0.504 e. The fourth-order valence-corrected chi connectivity index (χ4v) is 2.33. The Labute approximate surface area is 99.0 Å². The Morgan fingerprint density at radius 3 is 2.82 bits per heavy atom. The molecule has 0 aromatic rings. The van der Waals surface area contributed by atoms with Crippen LogP contribution in [0.2, 0.25) is 0 Å².